The van der Waals surface area contributed by atoms with Crippen LogP contribution in [0.2, 0.25) is 0 Å². The summed E-state index contributed by atoms with van der Waals surface area (Å²) in [5.41, 5.74) is 0. The van der Waals surface area contributed by atoms with Crippen molar-refractivity contribution in [1.29, 1.82) is 0 Å². The van der Waals surface area contributed by atoms with Gasteiger partial charge in [0.1, 0.15) is 5.01 Å². The summed E-state index contributed by atoms with van der Waals surface area (Å²) in [6, 6.07) is 0. The van der Waals surface area contributed by atoms with Gasteiger partial charge < -0.3 is 5.11 Å². The summed E-state index contributed by atoms with van der Waals surface area (Å²) in [5, 5.41) is 12.0. The highest BCUT2D eigenvalue weighted by molar-refractivity contribution is 7.09. The SMILES string of the molecule is CC(CC(=O)O)C1CCCN(Cc2nccs2)C1. The fourth-order valence-corrected chi connectivity index (χ4v) is 3.32. The van der Waals surface area contributed by atoms with E-state index in [2.05, 4.69) is 16.8 Å². The zero-order valence-corrected chi connectivity index (χ0v) is 11.5. The Hall–Kier alpha value is -0.940. The summed E-state index contributed by atoms with van der Waals surface area (Å²) in [7, 11) is 0. The maximum Gasteiger partial charge on any atom is 0.303 e. The molecule has 0 spiro atoms. The van der Waals surface area contributed by atoms with Gasteiger partial charge in [-0.05, 0) is 31.2 Å². The third-order valence-corrected chi connectivity index (χ3v) is 4.45. The molecule has 2 atom stereocenters. The van der Waals surface area contributed by atoms with Gasteiger partial charge in [0.05, 0.1) is 6.54 Å². The Bertz CT molecular complexity index is 380. The smallest absolute Gasteiger partial charge is 0.303 e. The number of carboxylic acids is 1. The first kappa shape index (κ1) is 13.5. The molecule has 1 aliphatic heterocycles. The maximum absolute atomic E-state index is 10.8. The van der Waals surface area contributed by atoms with Crippen LogP contribution in [-0.4, -0.2) is 34.0 Å². The molecule has 2 rings (SSSR count). The molecule has 0 aliphatic carbocycles. The lowest BCUT2D eigenvalue weighted by Crippen LogP contribution is -2.37. The number of likely N-dealkylation sites (tertiary alicyclic amines) is 1. The van der Waals surface area contributed by atoms with Gasteiger partial charge in [0.2, 0.25) is 0 Å². The van der Waals surface area contributed by atoms with E-state index in [0.29, 0.717) is 5.92 Å². The fraction of sp³-hybridized carbons (Fsp3) is 0.692. The summed E-state index contributed by atoms with van der Waals surface area (Å²) >= 11 is 1.69. The molecule has 0 aromatic carbocycles. The van der Waals surface area contributed by atoms with Crippen molar-refractivity contribution in [3.63, 3.8) is 0 Å². The van der Waals surface area contributed by atoms with Crippen LogP contribution in [0.15, 0.2) is 11.6 Å². The van der Waals surface area contributed by atoms with E-state index in [1.54, 1.807) is 11.3 Å². The normalized spacial score (nSPS) is 22.8. The van der Waals surface area contributed by atoms with Gasteiger partial charge in [0.25, 0.3) is 0 Å². The minimum absolute atomic E-state index is 0.265. The Morgan fingerprint density at radius 2 is 2.56 bits per heavy atom. The van der Waals surface area contributed by atoms with Crippen molar-refractivity contribution >= 4 is 17.3 Å². The molecule has 1 aliphatic rings. The van der Waals surface area contributed by atoms with E-state index in [4.69, 9.17) is 5.11 Å². The summed E-state index contributed by atoms with van der Waals surface area (Å²) in [6.45, 7) is 5.09. The van der Waals surface area contributed by atoms with Crippen LogP contribution in [0, 0.1) is 11.8 Å². The lowest BCUT2D eigenvalue weighted by atomic mass is 9.85. The molecule has 1 fully saturated rings. The van der Waals surface area contributed by atoms with Crippen LogP contribution in [0.3, 0.4) is 0 Å². The van der Waals surface area contributed by atoms with E-state index in [1.807, 2.05) is 11.6 Å². The molecule has 0 radical (unpaired) electrons. The molecular formula is C13H20N2O2S. The van der Waals surface area contributed by atoms with Crippen LogP contribution in [0.1, 0.15) is 31.2 Å². The van der Waals surface area contributed by atoms with Gasteiger partial charge in [0, 0.05) is 24.5 Å². The van der Waals surface area contributed by atoms with Crippen molar-refractivity contribution in [2.75, 3.05) is 13.1 Å². The molecule has 0 saturated carbocycles. The lowest BCUT2D eigenvalue weighted by Gasteiger charge is -2.35. The number of hydrogen-bond donors (Lipinski definition) is 1. The van der Waals surface area contributed by atoms with E-state index in [1.165, 1.54) is 6.42 Å². The van der Waals surface area contributed by atoms with Gasteiger partial charge in [-0.3, -0.25) is 9.69 Å². The standard InChI is InChI=1S/C13H20N2O2S/c1-10(7-13(16)17)11-3-2-5-15(8-11)9-12-14-4-6-18-12/h4,6,10-11H,2-3,5,7-9H2,1H3,(H,16,17). The molecule has 2 heterocycles. The zero-order chi connectivity index (χ0) is 13.0. The van der Waals surface area contributed by atoms with Crippen LogP contribution in [0.25, 0.3) is 0 Å². The minimum atomic E-state index is -0.681. The van der Waals surface area contributed by atoms with E-state index < -0.39 is 5.97 Å². The Balaban J connectivity index is 1.86. The van der Waals surface area contributed by atoms with Crippen LogP contribution in [0.4, 0.5) is 0 Å². The number of hydrogen-bond acceptors (Lipinski definition) is 4. The molecule has 1 saturated heterocycles. The predicted molar refractivity (Wildman–Crippen MR) is 71.5 cm³/mol. The number of rotatable bonds is 5. The lowest BCUT2D eigenvalue weighted by molar-refractivity contribution is -0.138. The largest absolute Gasteiger partial charge is 0.481 e. The van der Waals surface area contributed by atoms with Crippen molar-refractivity contribution in [3.05, 3.63) is 16.6 Å². The molecule has 0 amide bonds. The molecule has 5 heteroatoms. The highest BCUT2D eigenvalue weighted by Crippen LogP contribution is 2.27. The second kappa shape index (κ2) is 6.29. The number of piperidine rings is 1. The quantitative estimate of drug-likeness (QED) is 0.891. The van der Waals surface area contributed by atoms with Gasteiger partial charge in [-0.25, -0.2) is 4.98 Å². The zero-order valence-electron chi connectivity index (χ0n) is 10.7. The van der Waals surface area contributed by atoms with Crippen molar-refractivity contribution in [3.8, 4) is 0 Å². The molecule has 100 valence electrons. The van der Waals surface area contributed by atoms with Crippen LogP contribution >= 0.6 is 11.3 Å². The van der Waals surface area contributed by atoms with Gasteiger partial charge in [-0.2, -0.15) is 0 Å². The average Bonchev–Trinajstić information content (AvgIpc) is 2.81. The maximum atomic E-state index is 10.8. The van der Waals surface area contributed by atoms with Gasteiger partial charge in [-0.15, -0.1) is 11.3 Å². The number of aliphatic carboxylic acids is 1. The highest BCUT2D eigenvalue weighted by atomic mass is 32.1. The molecule has 4 nitrogen and oxygen atoms in total. The van der Waals surface area contributed by atoms with Crippen LogP contribution in [0.5, 0.6) is 0 Å². The summed E-state index contributed by atoms with van der Waals surface area (Å²) in [6.07, 6.45) is 4.45. The Kier molecular flexibility index (Phi) is 4.72. The first-order valence-corrected chi connectivity index (χ1v) is 7.35. The molecule has 1 aromatic rings. The van der Waals surface area contributed by atoms with Crippen molar-refractivity contribution in [2.24, 2.45) is 11.8 Å². The highest BCUT2D eigenvalue weighted by Gasteiger charge is 2.26. The number of carbonyl (C=O) groups is 1. The second-order valence-electron chi connectivity index (χ2n) is 5.14. The van der Waals surface area contributed by atoms with E-state index in [0.717, 1.165) is 31.1 Å². The molecule has 18 heavy (non-hydrogen) atoms. The van der Waals surface area contributed by atoms with Crippen molar-refractivity contribution in [2.45, 2.75) is 32.7 Å². The van der Waals surface area contributed by atoms with E-state index in [9.17, 15) is 4.79 Å². The van der Waals surface area contributed by atoms with Crippen LogP contribution < -0.4 is 0 Å². The average molecular weight is 268 g/mol. The Morgan fingerprint density at radius 3 is 3.22 bits per heavy atom. The topological polar surface area (TPSA) is 53.4 Å². The van der Waals surface area contributed by atoms with Crippen molar-refractivity contribution < 1.29 is 9.90 Å². The molecule has 1 aromatic heterocycles. The van der Waals surface area contributed by atoms with Gasteiger partial charge >= 0.3 is 5.97 Å². The van der Waals surface area contributed by atoms with E-state index in [-0.39, 0.29) is 12.3 Å². The third-order valence-electron chi connectivity index (χ3n) is 3.69. The minimum Gasteiger partial charge on any atom is -0.481 e. The number of nitrogens with zero attached hydrogens (tertiary/aromatic N) is 2. The molecule has 0 bridgehead atoms. The van der Waals surface area contributed by atoms with E-state index >= 15 is 0 Å². The first-order valence-electron chi connectivity index (χ1n) is 6.47. The number of thiazole rings is 1. The molecule has 1 N–H and O–H groups in total. The predicted octanol–water partition coefficient (Wildman–Crippen LogP) is 2.47. The Labute approximate surface area is 112 Å². The fourth-order valence-electron chi connectivity index (χ4n) is 2.66. The summed E-state index contributed by atoms with van der Waals surface area (Å²) < 4.78 is 0. The van der Waals surface area contributed by atoms with Crippen molar-refractivity contribution in [1.82, 2.24) is 9.88 Å². The number of aromatic nitrogens is 1. The first-order chi connectivity index (χ1) is 8.65. The van der Waals surface area contributed by atoms with Gasteiger partial charge in [0.15, 0.2) is 0 Å². The Morgan fingerprint density at radius 1 is 1.72 bits per heavy atom. The van der Waals surface area contributed by atoms with Gasteiger partial charge in [-0.1, -0.05) is 6.92 Å². The number of carboxylic acid groups (broad SMARTS) is 1. The third kappa shape index (κ3) is 3.78. The molecule has 2 unspecified atom stereocenters. The molecular weight excluding hydrogens is 248 g/mol. The second-order valence-corrected chi connectivity index (χ2v) is 6.12. The monoisotopic (exact) mass is 268 g/mol. The summed E-state index contributed by atoms with van der Waals surface area (Å²) in [4.78, 5) is 17.5. The van der Waals surface area contributed by atoms with Crippen LogP contribution in [-0.2, 0) is 11.3 Å². The summed E-state index contributed by atoms with van der Waals surface area (Å²) in [5.74, 6) is 0.0935.